The van der Waals surface area contributed by atoms with Crippen molar-refractivity contribution in [3.05, 3.63) is 29.8 Å². The third kappa shape index (κ3) is 3.51. The van der Waals surface area contributed by atoms with Gasteiger partial charge in [-0.15, -0.1) is 0 Å². The summed E-state index contributed by atoms with van der Waals surface area (Å²) in [6.07, 6.45) is 2.61. The maximum absolute atomic E-state index is 6.05. The topological polar surface area (TPSA) is 47.7 Å². The zero-order valence-electron chi connectivity index (χ0n) is 12.5. The summed E-state index contributed by atoms with van der Waals surface area (Å²) < 4.78 is 11.3. The smallest absolute Gasteiger partial charge is 0.124 e. The number of para-hydroxylation sites is 1. The lowest BCUT2D eigenvalue weighted by atomic mass is 9.99. The first kappa shape index (κ1) is 15.3. The number of methoxy groups -OCH3 is 1. The molecule has 1 aliphatic rings. The molecule has 1 heterocycles. The standard InChI is InChI=1S/C16H26N2O2/c1-3-20-16-9-5-4-8-14(16)15(11-17)18-10-6-7-13(12-18)19-2/h4-5,8-9,13,15H,3,6-7,10-12,17H2,1-2H3. The highest BCUT2D eigenvalue weighted by molar-refractivity contribution is 5.36. The summed E-state index contributed by atoms with van der Waals surface area (Å²) in [4.78, 5) is 2.43. The van der Waals surface area contributed by atoms with Crippen LogP contribution in [0.2, 0.25) is 0 Å². The Morgan fingerprint density at radius 1 is 1.40 bits per heavy atom. The van der Waals surface area contributed by atoms with Crippen molar-refractivity contribution in [2.75, 3.05) is 33.4 Å². The van der Waals surface area contributed by atoms with E-state index in [1.54, 1.807) is 7.11 Å². The van der Waals surface area contributed by atoms with Crippen molar-refractivity contribution in [1.29, 1.82) is 0 Å². The lowest BCUT2D eigenvalue weighted by molar-refractivity contribution is 0.0150. The van der Waals surface area contributed by atoms with Gasteiger partial charge in [-0.25, -0.2) is 0 Å². The zero-order chi connectivity index (χ0) is 14.4. The van der Waals surface area contributed by atoms with E-state index in [1.807, 2.05) is 19.1 Å². The fraction of sp³-hybridized carbons (Fsp3) is 0.625. The maximum Gasteiger partial charge on any atom is 0.124 e. The van der Waals surface area contributed by atoms with Crippen LogP contribution in [0.3, 0.4) is 0 Å². The summed E-state index contributed by atoms with van der Waals surface area (Å²) in [5.74, 6) is 0.949. The first-order chi connectivity index (χ1) is 9.80. The van der Waals surface area contributed by atoms with Crippen LogP contribution < -0.4 is 10.5 Å². The molecular weight excluding hydrogens is 252 g/mol. The van der Waals surface area contributed by atoms with Gasteiger partial charge in [0.15, 0.2) is 0 Å². The lowest BCUT2D eigenvalue weighted by Gasteiger charge is -2.38. The first-order valence-electron chi connectivity index (χ1n) is 7.48. The SMILES string of the molecule is CCOc1ccccc1C(CN)N1CCCC(OC)C1. The molecule has 1 aliphatic heterocycles. The Bertz CT molecular complexity index is 411. The monoisotopic (exact) mass is 278 g/mol. The zero-order valence-corrected chi connectivity index (χ0v) is 12.5. The number of piperidine rings is 1. The molecule has 1 saturated heterocycles. The van der Waals surface area contributed by atoms with Crippen molar-refractivity contribution in [3.8, 4) is 5.75 Å². The fourth-order valence-corrected chi connectivity index (χ4v) is 2.96. The van der Waals surface area contributed by atoms with Gasteiger partial charge >= 0.3 is 0 Å². The second kappa shape index (κ2) is 7.62. The quantitative estimate of drug-likeness (QED) is 0.866. The van der Waals surface area contributed by atoms with Crippen LogP contribution in [-0.4, -0.2) is 44.4 Å². The van der Waals surface area contributed by atoms with Crippen LogP contribution in [0.25, 0.3) is 0 Å². The van der Waals surface area contributed by atoms with E-state index < -0.39 is 0 Å². The van der Waals surface area contributed by atoms with Gasteiger partial charge in [0, 0.05) is 25.8 Å². The van der Waals surface area contributed by atoms with Gasteiger partial charge in [-0.1, -0.05) is 18.2 Å². The molecule has 0 spiro atoms. The van der Waals surface area contributed by atoms with Gasteiger partial charge in [0.1, 0.15) is 5.75 Å². The van der Waals surface area contributed by atoms with Crippen LogP contribution in [0.4, 0.5) is 0 Å². The molecule has 0 saturated carbocycles. The Balaban J connectivity index is 2.18. The molecule has 0 aromatic heterocycles. The summed E-state index contributed by atoms with van der Waals surface area (Å²) in [5.41, 5.74) is 7.24. The number of likely N-dealkylation sites (tertiary alicyclic amines) is 1. The molecule has 2 atom stereocenters. The fourth-order valence-electron chi connectivity index (χ4n) is 2.96. The molecule has 0 radical (unpaired) electrons. The Kier molecular flexibility index (Phi) is 5.83. The van der Waals surface area contributed by atoms with Gasteiger partial charge in [-0.05, 0) is 32.4 Å². The van der Waals surface area contributed by atoms with Gasteiger partial charge in [0.05, 0.1) is 18.8 Å². The van der Waals surface area contributed by atoms with E-state index in [0.717, 1.165) is 31.7 Å². The average molecular weight is 278 g/mol. The van der Waals surface area contributed by atoms with Gasteiger partial charge in [0.25, 0.3) is 0 Å². The second-order valence-electron chi connectivity index (χ2n) is 5.22. The lowest BCUT2D eigenvalue weighted by Crippen LogP contribution is -2.43. The molecule has 20 heavy (non-hydrogen) atoms. The van der Waals surface area contributed by atoms with Crippen LogP contribution in [0, 0.1) is 0 Å². The van der Waals surface area contributed by atoms with E-state index in [4.69, 9.17) is 15.2 Å². The third-order valence-electron chi connectivity index (χ3n) is 3.98. The maximum atomic E-state index is 6.05. The van der Waals surface area contributed by atoms with Crippen molar-refractivity contribution < 1.29 is 9.47 Å². The first-order valence-corrected chi connectivity index (χ1v) is 7.48. The van der Waals surface area contributed by atoms with Crippen molar-refractivity contribution >= 4 is 0 Å². The molecule has 0 amide bonds. The summed E-state index contributed by atoms with van der Waals surface area (Å²) in [7, 11) is 1.79. The van der Waals surface area contributed by atoms with Gasteiger partial charge in [-0.2, -0.15) is 0 Å². The minimum Gasteiger partial charge on any atom is -0.494 e. The Labute approximate surface area is 121 Å². The van der Waals surface area contributed by atoms with Crippen molar-refractivity contribution in [2.24, 2.45) is 5.73 Å². The van der Waals surface area contributed by atoms with Gasteiger partial charge < -0.3 is 15.2 Å². The highest BCUT2D eigenvalue weighted by Crippen LogP contribution is 2.31. The number of ether oxygens (including phenoxy) is 2. The molecule has 2 unspecified atom stereocenters. The molecule has 2 N–H and O–H groups in total. The molecule has 0 bridgehead atoms. The Morgan fingerprint density at radius 3 is 2.90 bits per heavy atom. The second-order valence-corrected chi connectivity index (χ2v) is 5.22. The Hall–Kier alpha value is -1.10. The van der Waals surface area contributed by atoms with E-state index in [1.165, 1.54) is 5.56 Å². The summed E-state index contributed by atoms with van der Waals surface area (Å²) >= 11 is 0. The molecule has 1 aromatic carbocycles. The number of nitrogens with zero attached hydrogens (tertiary/aromatic N) is 1. The van der Waals surface area contributed by atoms with Crippen LogP contribution in [0.5, 0.6) is 5.75 Å². The Morgan fingerprint density at radius 2 is 2.20 bits per heavy atom. The highest BCUT2D eigenvalue weighted by atomic mass is 16.5. The predicted octanol–water partition coefficient (Wildman–Crippen LogP) is 2.20. The largest absolute Gasteiger partial charge is 0.494 e. The summed E-state index contributed by atoms with van der Waals surface area (Å²) in [5, 5.41) is 0. The van der Waals surface area contributed by atoms with E-state index in [2.05, 4.69) is 17.0 Å². The summed E-state index contributed by atoms with van der Waals surface area (Å²) in [6.45, 7) is 5.30. The number of benzene rings is 1. The molecule has 4 heteroatoms. The average Bonchev–Trinajstić information content (AvgIpc) is 2.50. The molecule has 4 nitrogen and oxygen atoms in total. The predicted molar refractivity (Wildman–Crippen MR) is 81.0 cm³/mol. The molecule has 112 valence electrons. The summed E-state index contributed by atoms with van der Waals surface area (Å²) in [6, 6.07) is 8.42. The van der Waals surface area contributed by atoms with Gasteiger partial charge in [0.2, 0.25) is 0 Å². The van der Waals surface area contributed by atoms with Crippen molar-refractivity contribution in [3.63, 3.8) is 0 Å². The van der Waals surface area contributed by atoms with Crippen LogP contribution >= 0.6 is 0 Å². The van der Waals surface area contributed by atoms with Crippen molar-refractivity contribution in [1.82, 2.24) is 4.90 Å². The van der Waals surface area contributed by atoms with Crippen LogP contribution in [0.1, 0.15) is 31.4 Å². The minimum absolute atomic E-state index is 0.204. The number of hydrogen-bond donors (Lipinski definition) is 1. The van der Waals surface area contributed by atoms with E-state index in [9.17, 15) is 0 Å². The number of hydrogen-bond acceptors (Lipinski definition) is 4. The number of rotatable bonds is 6. The molecular formula is C16H26N2O2. The van der Waals surface area contributed by atoms with Crippen LogP contribution in [-0.2, 0) is 4.74 Å². The minimum atomic E-state index is 0.204. The number of nitrogens with two attached hydrogens (primary N) is 1. The molecule has 1 aromatic rings. The normalized spacial score (nSPS) is 21.6. The van der Waals surface area contributed by atoms with Crippen molar-refractivity contribution in [2.45, 2.75) is 31.9 Å². The van der Waals surface area contributed by atoms with E-state index >= 15 is 0 Å². The van der Waals surface area contributed by atoms with E-state index in [0.29, 0.717) is 19.3 Å². The molecule has 1 fully saturated rings. The third-order valence-corrected chi connectivity index (χ3v) is 3.98. The highest BCUT2D eigenvalue weighted by Gasteiger charge is 2.27. The van der Waals surface area contributed by atoms with E-state index in [-0.39, 0.29) is 6.04 Å². The molecule has 0 aliphatic carbocycles. The van der Waals surface area contributed by atoms with Crippen LogP contribution in [0.15, 0.2) is 24.3 Å². The van der Waals surface area contributed by atoms with Gasteiger partial charge in [-0.3, -0.25) is 4.90 Å². The molecule has 2 rings (SSSR count).